The van der Waals surface area contributed by atoms with Crippen molar-refractivity contribution in [2.75, 3.05) is 26.3 Å². The predicted octanol–water partition coefficient (Wildman–Crippen LogP) is 0.672. The molecule has 2 amide bonds. The molecule has 2 saturated heterocycles. The molecule has 18 heavy (non-hydrogen) atoms. The second-order valence-corrected chi connectivity index (χ2v) is 5.12. The van der Waals surface area contributed by atoms with Crippen LogP contribution in [0.15, 0.2) is 0 Å². The molecule has 2 N–H and O–H groups in total. The number of nitrogens with one attached hydrogen (secondary N) is 1. The van der Waals surface area contributed by atoms with E-state index in [-0.39, 0.29) is 12.1 Å². The normalized spacial score (nSPS) is 31.6. The van der Waals surface area contributed by atoms with Gasteiger partial charge in [-0.05, 0) is 19.3 Å². The van der Waals surface area contributed by atoms with Crippen LogP contribution in [0.5, 0.6) is 0 Å². The number of carboxylic acids is 1. The molecule has 0 bridgehead atoms. The number of hydrogen-bond acceptors (Lipinski definition) is 3. The summed E-state index contributed by atoms with van der Waals surface area (Å²) < 4.78 is 5.19. The molecule has 6 nitrogen and oxygen atoms in total. The first-order chi connectivity index (χ1) is 8.57. The number of carboxylic acid groups (broad SMARTS) is 1. The maximum Gasteiger partial charge on any atom is 0.317 e. The van der Waals surface area contributed by atoms with Crippen molar-refractivity contribution in [1.82, 2.24) is 10.2 Å². The molecule has 0 aromatic heterocycles. The van der Waals surface area contributed by atoms with Crippen LogP contribution in [0.3, 0.4) is 0 Å². The molecule has 0 aromatic rings. The summed E-state index contributed by atoms with van der Waals surface area (Å²) in [6.07, 6.45) is 1.92. The number of rotatable bonds is 3. The standard InChI is InChI=1S/C12H20N2O4/c1-2-12(10(15)16)4-5-14(8-12)11(17)13-9-3-6-18-7-9/h9H,2-8H2,1H3,(H,13,17)(H,15,16). The van der Waals surface area contributed by atoms with Crippen molar-refractivity contribution in [3.63, 3.8) is 0 Å². The van der Waals surface area contributed by atoms with Crippen LogP contribution in [-0.2, 0) is 9.53 Å². The van der Waals surface area contributed by atoms with Gasteiger partial charge in [0, 0.05) is 19.7 Å². The molecule has 2 heterocycles. The highest BCUT2D eigenvalue weighted by Gasteiger charge is 2.45. The molecule has 0 radical (unpaired) electrons. The number of amides is 2. The fourth-order valence-electron chi connectivity index (χ4n) is 2.57. The first-order valence-electron chi connectivity index (χ1n) is 6.44. The van der Waals surface area contributed by atoms with E-state index in [0.29, 0.717) is 39.1 Å². The second kappa shape index (κ2) is 5.14. The van der Waals surface area contributed by atoms with Crippen LogP contribution in [-0.4, -0.2) is 54.4 Å². The minimum atomic E-state index is -0.801. The SMILES string of the molecule is CCC1(C(=O)O)CCN(C(=O)NC2CCOC2)C1. The Morgan fingerprint density at radius 1 is 1.56 bits per heavy atom. The Labute approximate surface area is 106 Å². The number of urea groups is 1. The average Bonchev–Trinajstić information content (AvgIpc) is 2.97. The van der Waals surface area contributed by atoms with Gasteiger partial charge >= 0.3 is 12.0 Å². The molecule has 2 unspecified atom stereocenters. The number of carbonyl (C=O) groups excluding carboxylic acids is 1. The molecule has 0 spiro atoms. The van der Waals surface area contributed by atoms with Crippen LogP contribution < -0.4 is 5.32 Å². The number of carbonyl (C=O) groups is 2. The van der Waals surface area contributed by atoms with E-state index < -0.39 is 11.4 Å². The lowest BCUT2D eigenvalue weighted by Crippen LogP contribution is -2.45. The maximum atomic E-state index is 12.0. The van der Waals surface area contributed by atoms with Crippen molar-refractivity contribution >= 4 is 12.0 Å². The van der Waals surface area contributed by atoms with Gasteiger partial charge in [-0.2, -0.15) is 0 Å². The summed E-state index contributed by atoms with van der Waals surface area (Å²) in [6.45, 7) is 3.91. The van der Waals surface area contributed by atoms with Gasteiger partial charge in [-0.15, -0.1) is 0 Å². The second-order valence-electron chi connectivity index (χ2n) is 5.12. The fraction of sp³-hybridized carbons (Fsp3) is 0.833. The molecule has 2 atom stereocenters. The number of hydrogen-bond donors (Lipinski definition) is 2. The zero-order valence-corrected chi connectivity index (χ0v) is 10.6. The Balaban J connectivity index is 1.91. The van der Waals surface area contributed by atoms with Crippen LogP contribution in [0.1, 0.15) is 26.2 Å². The summed E-state index contributed by atoms with van der Waals surface area (Å²) in [6, 6.07) is -0.0963. The lowest BCUT2D eigenvalue weighted by Gasteiger charge is -2.24. The largest absolute Gasteiger partial charge is 0.481 e. The van der Waals surface area contributed by atoms with Gasteiger partial charge in [-0.25, -0.2) is 4.79 Å². The zero-order chi connectivity index (χ0) is 13.2. The Morgan fingerprint density at radius 2 is 2.33 bits per heavy atom. The summed E-state index contributed by atoms with van der Waals surface area (Å²) in [5.41, 5.74) is -0.760. The quantitative estimate of drug-likeness (QED) is 0.778. The van der Waals surface area contributed by atoms with Crippen LogP contribution in [0, 0.1) is 5.41 Å². The Bertz CT molecular complexity index is 341. The number of aliphatic carboxylic acids is 1. The number of nitrogens with zero attached hydrogens (tertiary/aromatic N) is 1. The Morgan fingerprint density at radius 3 is 2.83 bits per heavy atom. The third-order valence-electron chi connectivity index (χ3n) is 4.03. The third kappa shape index (κ3) is 2.43. The zero-order valence-electron chi connectivity index (χ0n) is 10.6. The summed E-state index contributed by atoms with van der Waals surface area (Å²) in [7, 11) is 0. The molecule has 2 fully saturated rings. The molecule has 0 aromatic carbocycles. The van der Waals surface area contributed by atoms with E-state index in [2.05, 4.69) is 5.32 Å². The van der Waals surface area contributed by atoms with Crippen LogP contribution in [0.2, 0.25) is 0 Å². The van der Waals surface area contributed by atoms with E-state index in [1.54, 1.807) is 4.90 Å². The van der Waals surface area contributed by atoms with E-state index >= 15 is 0 Å². The van der Waals surface area contributed by atoms with E-state index in [9.17, 15) is 14.7 Å². The van der Waals surface area contributed by atoms with Crippen LogP contribution in [0.4, 0.5) is 4.79 Å². The van der Waals surface area contributed by atoms with Gasteiger partial charge < -0.3 is 20.1 Å². The van der Waals surface area contributed by atoms with Crippen molar-refractivity contribution < 1.29 is 19.4 Å². The van der Waals surface area contributed by atoms with E-state index in [1.165, 1.54) is 0 Å². The first-order valence-corrected chi connectivity index (χ1v) is 6.44. The van der Waals surface area contributed by atoms with Gasteiger partial charge in [-0.3, -0.25) is 4.79 Å². The highest BCUT2D eigenvalue weighted by molar-refractivity contribution is 5.79. The molecule has 6 heteroatoms. The van der Waals surface area contributed by atoms with Gasteiger partial charge in [-0.1, -0.05) is 6.92 Å². The molecule has 102 valence electrons. The minimum absolute atomic E-state index is 0.0685. The van der Waals surface area contributed by atoms with Crippen molar-refractivity contribution in [3.05, 3.63) is 0 Å². The summed E-state index contributed by atoms with van der Waals surface area (Å²) in [5.74, 6) is -0.801. The molecular formula is C12H20N2O4. The molecule has 0 saturated carbocycles. The highest BCUT2D eigenvalue weighted by atomic mass is 16.5. The highest BCUT2D eigenvalue weighted by Crippen LogP contribution is 2.34. The summed E-state index contributed by atoms with van der Waals surface area (Å²) in [5, 5.41) is 12.2. The monoisotopic (exact) mass is 256 g/mol. The lowest BCUT2D eigenvalue weighted by molar-refractivity contribution is -0.148. The summed E-state index contributed by atoms with van der Waals surface area (Å²) >= 11 is 0. The molecule has 2 rings (SSSR count). The van der Waals surface area contributed by atoms with E-state index in [1.807, 2.05) is 6.92 Å². The van der Waals surface area contributed by atoms with Gasteiger partial charge in [0.05, 0.1) is 18.1 Å². The van der Waals surface area contributed by atoms with Crippen molar-refractivity contribution in [3.8, 4) is 0 Å². The van der Waals surface area contributed by atoms with Crippen LogP contribution >= 0.6 is 0 Å². The third-order valence-corrected chi connectivity index (χ3v) is 4.03. The van der Waals surface area contributed by atoms with Gasteiger partial charge in [0.1, 0.15) is 0 Å². The average molecular weight is 256 g/mol. The van der Waals surface area contributed by atoms with Crippen molar-refractivity contribution in [2.45, 2.75) is 32.2 Å². The Kier molecular flexibility index (Phi) is 3.75. The fourth-order valence-corrected chi connectivity index (χ4v) is 2.57. The van der Waals surface area contributed by atoms with Crippen LogP contribution in [0.25, 0.3) is 0 Å². The molecule has 0 aliphatic carbocycles. The maximum absolute atomic E-state index is 12.0. The molecule has 2 aliphatic rings. The lowest BCUT2D eigenvalue weighted by atomic mass is 9.84. The van der Waals surface area contributed by atoms with E-state index in [0.717, 1.165) is 6.42 Å². The van der Waals surface area contributed by atoms with Crippen molar-refractivity contribution in [1.29, 1.82) is 0 Å². The van der Waals surface area contributed by atoms with Crippen molar-refractivity contribution in [2.24, 2.45) is 5.41 Å². The number of ether oxygens (including phenoxy) is 1. The summed E-state index contributed by atoms with van der Waals surface area (Å²) in [4.78, 5) is 24.9. The first kappa shape index (κ1) is 13.1. The minimum Gasteiger partial charge on any atom is -0.481 e. The molecular weight excluding hydrogens is 236 g/mol. The van der Waals surface area contributed by atoms with Gasteiger partial charge in [0.2, 0.25) is 0 Å². The smallest absolute Gasteiger partial charge is 0.317 e. The predicted molar refractivity (Wildman–Crippen MR) is 64.3 cm³/mol. The number of likely N-dealkylation sites (tertiary alicyclic amines) is 1. The topological polar surface area (TPSA) is 78.9 Å². The van der Waals surface area contributed by atoms with Gasteiger partial charge in [0.15, 0.2) is 0 Å². The molecule has 2 aliphatic heterocycles. The van der Waals surface area contributed by atoms with E-state index in [4.69, 9.17) is 4.74 Å². The Hall–Kier alpha value is -1.30. The van der Waals surface area contributed by atoms with Gasteiger partial charge in [0.25, 0.3) is 0 Å².